The van der Waals surface area contributed by atoms with E-state index in [9.17, 15) is 0 Å². The number of hydrogen-bond acceptors (Lipinski definition) is 4. The topological polar surface area (TPSA) is 24.5 Å². The predicted octanol–water partition coefficient (Wildman–Crippen LogP) is 5.26. The molecule has 25 heavy (non-hydrogen) atoms. The number of anilines is 1. The van der Waals surface area contributed by atoms with E-state index in [0.29, 0.717) is 0 Å². The third-order valence-electron chi connectivity index (χ3n) is 3.74. The fourth-order valence-electron chi connectivity index (χ4n) is 2.45. The molecule has 2 heterocycles. The summed E-state index contributed by atoms with van der Waals surface area (Å²) in [6.07, 6.45) is 0.989. The summed E-state index contributed by atoms with van der Waals surface area (Å²) in [6.45, 7) is 1.70. The zero-order valence-electron chi connectivity index (χ0n) is 14.0. The number of hydrogen-bond donors (Lipinski definition) is 1. The van der Waals surface area contributed by atoms with E-state index < -0.39 is 0 Å². The van der Waals surface area contributed by atoms with Gasteiger partial charge in [0.1, 0.15) is 5.75 Å². The molecular weight excluding hydrogens is 368 g/mol. The molecule has 0 spiro atoms. The van der Waals surface area contributed by atoms with Crippen molar-refractivity contribution in [2.75, 3.05) is 19.0 Å². The summed E-state index contributed by atoms with van der Waals surface area (Å²) in [7, 11) is 1.67. The molecule has 3 rings (SSSR count). The Bertz CT molecular complexity index is 785. The standard InChI is InChI=1S/C19H20N2OS3/c1-22-16-6-2-5-15(13-16)20-19(23)21(14-18-8-4-12-25-18)10-9-17-7-3-11-24-17/h2-8,11-13H,9-10,14H2,1H3,(H,20,23). The van der Waals surface area contributed by atoms with E-state index in [1.807, 2.05) is 24.3 Å². The lowest BCUT2D eigenvalue weighted by molar-refractivity contribution is 0.415. The zero-order chi connectivity index (χ0) is 17.5. The van der Waals surface area contributed by atoms with Crippen LogP contribution in [0.25, 0.3) is 0 Å². The Hall–Kier alpha value is -1.89. The van der Waals surface area contributed by atoms with Gasteiger partial charge in [-0.05, 0) is 53.7 Å². The normalized spacial score (nSPS) is 10.4. The number of thiophene rings is 2. The van der Waals surface area contributed by atoms with Crippen molar-refractivity contribution < 1.29 is 4.74 Å². The Labute approximate surface area is 161 Å². The molecule has 0 aliphatic rings. The molecule has 0 amide bonds. The van der Waals surface area contributed by atoms with Crippen molar-refractivity contribution >= 4 is 45.7 Å². The molecule has 0 unspecified atom stereocenters. The summed E-state index contributed by atoms with van der Waals surface area (Å²) < 4.78 is 5.28. The van der Waals surface area contributed by atoms with Crippen LogP contribution < -0.4 is 10.1 Å². The van der Waals surface area contributed by atoms with Gasteiger partial charge in [0.2, 0.25) is 0 Å². The van der Waals surface area contributed by atoms with Gasteiger partial charge >= 0.3 is 0 Å². The first-order valence-corrected chi connectivity index (χ1v) is 10.2. The highest BCUT2D eigenvalue weighted by Crippen LogP contribution is 2.19. The van der Waals surface area contributed by atoms with E-state index in [0.717, 1.165) is 36.1 Å². The average Bonchev–Trinajstić information content (AvgIpc) is 3.32. The molecule has 0 atom stereocenters. The molecule has 0 fully saturated rings. The molecule has 0 aliphatic heterocycles. The maximum Gasteiger partial charge on any atom is 0.173 e. The van der Waals surface area contributed by atoms with E-state index in [2.05, 4.69) is 45.2 Å². The quantitative estimate of drug-likeness (QED) is 0.558. The lowest BCUT2D eigenvalue weighted by atomic mass is 10.3. The van der Waals surface area contributed by atoms with Gasteiger partial charge in [0.15, 0.2) is 5.11 Å². The van der Waals surface area contributed by atoms with E-state index in [1.165, 1.54) is 9.75 Å². The van der Waals surface area contributed by atoms with Crippen LogP contribution in [0.1, 0.15) is 9.75 Å². The Kier molecular flexibility index (Phi) is 6.44. The van der Waals surface area contributed by atoms with Crippen LogP contribution in [0, 0.1) is 0 Å². The van der Waals surface area contributed by atoms with Crippen molar-refractivity contribution in [2.24, 2.45) is 0 Å². The lowest BCUT2D eigenvalue weighted by Gasteiger charge is -2.25. The highest BCUT2D eigenvalue weighted by atomic mass is 32.1. The van der Waals surface area contributed by atoms with E-state index >= 15 is 0 Å². The number of benzene rings is 1. The Morgan fingerprint density at radius 3 is 2.52 bits per heavy atom. The molecule has 0 aliphatic carbocycles. The summed E-state index contributed by atoms with van der Waals surface area (Å²) in [4.78, 5) is 4.90. The summed E-state index contributed by atoms with van der Waals surface area (Å²) >= 11 is 9.23. The lowest BCUT2D eigenvalue weighted by Crippen LogP contribution is -2.35. The molecule has 1 N–H and O–H groups in total. The highest BCUT2D eigenvalue weighted by Gasteiger charge is 2.12. The number of methoxy groups -OCH3 is 1. The molecule has 0 bridgehead atoms. The molecule has 130 valence electrons. The molecule has 0 saturated heterocycles. The van der Waals surface area contributed by atoms with E-state index in [-0.39, 0.29) is 0 Å². The van der Waals surface area contributed by atoms with Crippen molar-refractivity contribution in [3.05, 3.63) is 69.0 Å². The van der Waals surface area contributed by atoms with Gasteiger partial charge in [0.25, 0.3) is 0 Å². The van der Waals surface area contributed by atoms with Crippen LogP contribution in [-0.2, 0) is 13.0 Å². The fraction of sp³-hybridized carbons (Fsp3) is 0.211. The largest absolute Gasteiger partial charge is 0.497 e. The smallest absolute Gasteiger partial charge is 0.173 e. The zero-order valence-corrected chi connectivity index (χ0v) is 16.4. The second-order valence-electron chi connectivity index (χ2n) is 5.49. The first-order valence-electron chi connectivity index (χ1n) is 7.99. The van der Waals surface area contributed by atoms with Crippen LogP contribution in [0.5, 0.6) is 5.75 Å². The Morgan fingerprint density at radius 2 is 1.84 bits per heavy atom. The van der Waals surface area contributed by atoms with Crippen LogP contribution in [-0.4, -0.2) is 23.7 Å². The summed E-state index contributed by atoms with van der Waals surface area (Å²) in [5.41, 5.74) is 0.941. The maximum atomic E-state index is 5.69. The molecule has 1 aromatic carbocycles. The molecule has 0 radical (unpaired) electrons. The molecular formula is C19H20N2OS3. The molecule has 2 aromatic heterocycles. The first kappa shape index (κ1) is 17.9. The SMILES string of the molecule is COc1cccc(NC(=S)N(CCc2cccs2)Cc2cccs2)c1. The third kappa shape index (κ3) is 5.29. The predicted molar refractivity (Wildman–Crippen MR) is 112 cm³/mol. The second-order valence-corrected chi connectivity index (χ2v) is 7.94. The molecule has 3 nitrogen and oxygen atoms in total. The maximum absolute atomic E-state index is 5.69. The minimum absolute atomic E-state index is 0.734. The first-order chi connectivity index (χ1) is 12.2. The third-order valence-corrected chi connectivity index (χ3v) is 5.90. The van der Waals surface area contributed by atoms with Gasteiger partial charge in [-0.2, -0.15) is 0 Å². The second kappa shape index (κ2) is 8.99. The van der Waals surface area contributed by atoms with Crippen LogP contribution in [0.3, 0.4) is 0 Å². The van der Waals surface area contributed by atoms with Crippen LogP contribution in [0.2, 0.25) is 0 Å². The molecule has 6 heteroatoms. The fourth-order valence-corrected chi connectivity index (χ4v) is 4.14. The van der Waals surface area contributed by atoms with Gasteiger partial charge in [0, 0.05) is 28.1 Å². The van der Waals surface area contributed by atoms with Crippen LogP contribution in [0.15, 0.2) is 59.3 Å². The Balaban J connectivity index is 1.68. The van der Waals surface area contributed by atoms with Gasteiger partial charge in [-0.25, -0.2) is 0 Å². The van der Waals surface area contributed by atoms with Crippen molar-refractivity contribution in [1.82, 2.24) is 4.90 Å². The number of nitrogens with zero attached hydrogens (tertiary/aromatic N) is 1. The van der Waals surface area contributed by atoms with Gasteiger partial charge in [-0.3, -0.25) is 0 Å². The summed E-state index contributed by atoms with van der Waals surface area (Å²) in [6, 6.07) is 16.3. The summed E-state index contributed by atoms with van der Waals surface area (Å²) in [5.74, 6) is 0.816. The number of thiocarbonyl (C=S) groups is 1. The Morgan fingerprint density at radius 1 is 1.08 bits per heavy atom. The van der Waals surface area contributed by atoms with Gasteiger partial charge in [-0.15, -0.1) is 22.7 Å². The van der Waals surface area contributed by atoms with E-state index in [1.54, 1.807) is 29.8 Å². The van der Waals surface area contributed by atoms with Gasteiger partial charge in [-0.1, -0.05) is 18.2 Å². The average molecular weight is 389 g/mol. The molecule has 3 aromatic rings. The summed E-state index contributed by atoms with van der Waals surface area (Å²) in [5, 5.41) is 8.30. The number of rotatable bonds is 7. The monoisotopic (exact) mass is 388 g/mol. The number of ether oxygens (including phenoxy) is 1. The minimum Gasteiger partial charge on any atom is -0.497 e. The molecule has 0 saturated carbocycles. The minimum atomic E-state index is 0.734. The van der Waals surface area contributed by atoms with Crippen LogP contribution >= 0.6 is 34.9 Å². The van der Waals surface area contributed by atoms with Crippen molar-refractivity contribution in [3.63, 3.8) is 0 Å². The van der Waals surface area contributed by atoms with Crippen molar-refractivity contribution in [3.8, 4) is 5.75 Å². The van der Waals surface area contributed by atoms with E-state index in [4.69, 9.17) is 17.0 Å². The van der Waals surface area contributed by atoms with Crippen LogP contribution in [0.4, 0.5) is 5.69 Å². The van der Waals surface area contributed by atoms with Gasteiger partial charge < -0.3 is 15.0 Å². The highest BCUT2D eigenvalue weighted by molar-refractivity contribution is 7.80. The van der Waals surface area contributed by atoms with Gasteiger partial charge in [0.05, 0.1) is 13.7 Å². The van der Waals surface area contributed by atoms with Crippen molar-refractivity contribution in [2.45, 2.75) is 13.0 Å². The van der Waals surface area contributed by atoms with Crippen molar-refractivity contribution in [1.29, 1.82) is 0 Å². The number of nitrogens with one attached hydrogen (secondary N) is 1.